The van der Waals surface area contributed by atoms with Crippen LogP contribution in [0.3, 0.4) is 0 Å². The van der Waals surface area contributed by atoms with E-state index in [1.165, 1.54) is 0 Å². The van der Waals surface area contributed by atoms with E-state index in [9.17, 15) is 9.90 Å². The average molecular weight is 229 g/mol. The molecule has 0 aromatic carbocycles. The van der Waals surface area contributed by atoms with Crippen LogP contribution in [0.5, 0.6) is 0 Å². The van der Waals surface area contributed by atoms with Gasteiger partial charge in [-0.1, -0.05) is 6.92 Å². The van der Waals surface area contributed by atoms with Crippen LogP contribution in [0.2, 0.25) is 0 Å². The van der Waals surface area contributed by atoms with E-state index >= 15 is 0 Å². The number of likely N-dealkylation sites (tertiary alicyclic amines) is 1. The SMILES string of the molecule is CC1CCN(C(C)CCC(=O)NN)CC1O. The fraction of sp³-hybridized carbons (Fsp3) is 0.909. The molecule has 5 nitrogen and oxygen atoms in total. The Balaban J connectivity index is 2.31. The normalized spacial score (nSPS) is 28.8. The van der Waals surface area contributed by atoms with Crippen molar-refractivity contribution in [3.63, 3.8) is 0 Å². The van der Waals surface area contributed by atoms with E-state index in [1.807, 2.05) is 0 Å². The molecule has 16 heavy (non-hydrogen) atoms. The molecular formula is C11H23N3O2. The molecule has 0 saturated carbocycles. The predicted octanol–water partition coefficient (Wildman–Crippen LogP) is -0.152. The number of amides is 1. The molecule has 0 radical (unpaired) electrons. The van der Waals surface area contributed by atoms with E-state index in [0.29, 0.717) is 24.9 Å². The van der Waals surface area contributed by atoms with Crippen LogP contribution in [0.25, 0.3) is 0 Å². The molecule has 1 aliphatic rings. The number of aliphatic hydroxyl groups is 1. The summed E-state index contributed by atoms with van der Waals surface area (Å²) in [6.45, 7) is 5.89. The molecule has 1 amide bonds. The van der Waals surface area contributed by atoms with E-state index in [4.69, 9.17) is 5.84 Å². The van der Waals surface area contributed by atoms with Crippen molar-refractivity contribution in [3.8, 4) is 0 Å². The lowest BCUT2D eigenvalue weighted by Crippen LogP contribution is -2.47. The Hall–Kier alpha value is -0.650. The first kappa shape index (κ1) is 13.4. The maximum absolute atomic E-state index is 11.0. The van der Waals surface area contributed by atoms with Crippen molar-refractivity contribution in [1.82, 2.24) is 10.3 Å². The van der Waals surface area contributed by atoms with Gasteiger partial charge < -0.3 is 5.11 Å². The van der Waals surface area contributed by atoms with Crippen molar-refractivity contribution >= 4 is 5.91 Å². The lowest BCUT2D eigenvalue weighted by atomic mass is 9.94. The van der Waals surface area contributed by atoms with E-state index in [0.717, 1.165) is 19.4 Å². The second-order valence-electron chi connectivity index (χ2n) is 4.78. The number of rotatable bonds is 4. The quantitative estimate of drug-likeness (QED) is 0.356. The Morgan fingerprint density at radius 3 is 2.94 bits per heavy atom. The van der Waals surface area contributed by atoms with Crippen molar-refractivity contribution in [3.05, 3.63) is 0 Å². The van der Waals surface area contributed by atoms with Gasteiger partial charge in [0.2, 0.25) is 5.91 Å². The highest BCUT2D eigenvalue weighted by Gasteiger charge is 2.26. The zero-order valence-electron chi connectivity index (χ0n) is 10.1. The van der Waals surface area contributed by atoms with Gasteiger partial charge in [0, 0.05) is 19.0 Å². The number of hydrogen-bond acceptors (Lipinski definition) is 4. The van der Waals surface area contributed by atoms with Gasteiger partial charge in [0.25, 0.3) is 0 Å². The topological polar surface area (TPSA) is 78.6 Å². The van der Waals surface area contributed by atoms with Gasteiger partial charge in [-0.2, -0.15) is 0 Å². The van der Waals surface area contributed by atoms with Gasteiger partial charge in [0.05, 0.1) is 6.10 Å². The molecule has 0 aromatic heterocycles. The summed E-state index contributed by atoms with van der Waals surface area (Å²) in [5.74, 6) is 5.28. The van der Waals surface area contributed by atoms with Crippen molar-refractivity contribution in [2.24, 2.45) is 11.8 Å². The summed E-state index contributed by atoms with van der Waals surface area (Å²) in [4.78, 5) is 13.3. The summed E-state index contributed by atoms with van der Waals surface area (Å²) < 4.78 is 0. The molecule has 0 aliphatic carbocycles. The fourth-order valence-electron chi connectivity index (χ4n) is 2.07. The molecule has 1 rings (SSSR count). The van der Waals surface area contributed by atoms with Crippen molar-refractivity contribution in [1.29, 1.82) is 0 Å². The maximum atomic E-state index is 11.0. The number of nitrogens with zero attached hydrogens (tertiary/aromatic N) is 1. The number of hydrogen-bond donors (Lipinski definition) is 3. The van der Waals surface area contributed by atoms with Crippen LogP contribution < -0.4 is 11.3 Å². The maximum Gasteiger partial charge on any atom is 0.233 e. The number of piperidine rings is 1. The number of hydrazine groups is 1. The van der Waals surface area contributed by atoms with Crippen molar-refractivity contribution in [2.45, 2.75) is 45.3 Å². The smallest absolute Gasteiger partial charge is 0.233 e. The van der Waals surface area contributed by atoms with E-state index in [-0.39, 0.29) is 12.0 Å². The van der Waals surface area contributed by atoms with Crippen LogP contribution in [-0.4, -0.2) is 41.1 Å². The molecule has 1 heterocycles. The summed E-state index contributed by atoms with van der Waals surface area (Å²) >= 11 is 0. The second kappa shape index (κ2) is 6.18. The molecule has 0 spiro atoms. The van der Waals surface area contributed by atoms with Gasteiger partial charge in [-0.25, -0.2) is 5.84 Å². The van der Waals surface area contributed by atoms with Gasteiger partial charge in [-0.05, 0) is 32.2 Å². The number of nitrogens with two attached hydrogens (primary N) is 1. The third kappa shape index (κ3) is 3.73. The van der Waals surface area contributed by atoms with E-state index in [2.05, 4.69) is 24.2 Å². The van der Waals surface area contributed by atoms with Crippen LogP contribution in [0, 0.1) is 5.92 Å². The van der Waals surface area contributed by atoms with Gasteiger partial charge in [-0.3, -0.25) is 15.1 Å². The predicted molar refractivity (Wildman–Crippen MR) is 62.4 cm³/mol. The minimum absolute atomic E-state index is 0.127. The number of carbonyl (C=O) groups is 1. The minimum Gasteiger partial charge on any atom is -0.392 e. The van der Waals surface area contributed by atoms with Gasteiger partial charge in [0.15, 0.2) is 0 Å². The number of nitrogens with one attached hydrogen (secondary N) is 1. The monoisotopic (exact) mass is 229 g/mol. The van der Waals surface area contributed by atoms with Gasteiger partial charge in [0.1, 0.15) is 0 Å². The third-order valence-corrected chi connectivity index (χ3v) is 3.52. The molecule has 1 fully saturated rings. The molecular weight excluding hydrogens is 206 g/mol. The summed E-state index contributed by atoms with van der Waals surface area (Å²) in [7, 11) is 0. The Morgan fingerprint density at radius 1 is 1.69 bits per heavy atom. The molecule has 1 aliphatic heterocycles. The third-order valence-electron chi connectivity index (χ3n) is 3.52. The number of carbonyl (C=O) groups excluding carboxylic acids is 1. The molecule has 0 bridgehead atoms. The van der Waals surface area contributed by atoms with Crippen molar-refractivity contribution in [2.75, 3.05) is 13.1 Å². The van der Waals surface area contributed by atoms with E-state index in [1.54, 1.807) is 0 Å². The molecule has 1 saturated heterocycles. The average Bonchev–Trinajstić information content (AvgIpc) is 2.29. The van der Waals surface area contributed by atoms with Gasteiger partial charge in [-0.15, -0.1) is 0 Å². The summed E-state index contributed by atoms with van der Waals surface area (Å²) in [5, 5.41) is 9.78. The number of β-amino-alcohol motifs (C(OH)–C–C–N with tert-alkyl or cyclic N) is 1. The van der Waals surface area contributed by atoms with Crippen LogP contribution >= 0.6 is 0 Å². The van der Waals surface area contributed by atoms with Crippen LogP contribution in [0.4, 0.5) is 0 Å². The molecule has 3 atom stereocenters. The lowest BCUT2D eigenvalue weighted by molar-refractivity contribution is -0.121. The highest BCUT2D eigenvalue weighted by atomic mass is 16.3. The summed E-state index contributed by atoms with van der Waals surface area (Å²) in [6, 6.07) is 0.319. The molecule has 4 N–H and O–H groups in total. The first-order valence-corrected chi connectivity index (χ1v) is 5.96. The molecule has 94 valence electrons. The van der Waals surface area contributed by atoms with Gasteiger partial charge >= 0.3 is 0 Å². The molecule has 5 heteroatoms. The standard InChI is InChI=1S/C11H23N3O2/c1-8-5-6-14(7-10(8)15)9(2)3-4-11(16)13-12/h8-10,15H,3-7,12H2,1-2H3,(H,13,16). The van der Waals surface area contributed by atoms with Crippen LogP contribution in [0.1, 0.15) is 33.1 Å². The van der Waals surface area contributed by atoms with Crippen LogP contribution in [-0.2, 0) is 4.79 Å². The Kier molecular flexibility index (Phi) is 5.18. The van der Waals surface area contributed by atoms with E-state index < -0.39 is 0 Å². The first-order chi connectivity index (χ1) is 7.54. The fourth-order valence-corrected chi connectivity index (χ4v) is 2.07. The molecule has 3 unspecified atom stereocenters. The highest BCUT2D eigenvalue weighted by molar-refractivity contribution is 5.75. The zero-order valence-corrected chi connectivity index (χ0v) is 10.1. The minimum atomic E-state index is -0.237. The first-order valence-electron chi connectivity index (χ1n) is 5.96. The lowest BCUT2D eigenvalue weighted by Gasteiger charge is -2.38. The highest BCUT2D eigenvalue weighted by Crippen LogP contribution is 2.20. The zero-order chi connectivity index (χ0) is 12.1. The van der Waals surface area contributed by atoms with Crippen LogP contribution in [0.15, 0.2) is 0 Å². The second-order valence-corrected chi connectivity index (χ2v) is 4.78. The van der Waals surface area contributed by atoms with Crippen molar-refractivity contribution < 1.29 is 9.90 Å². The molecule has 0 aromatic rings. The summed E-state index contributed by atoms with van der Waals surface area (Å²) in [6.07, 6.45) is 2.01. The number of aliphatic hydroxyl groups excluding tert-OH is 1. The Bertz CT molecular complexity index is 235. The Labute approximate surface area is 97.0 Å². The summed E-state index contributed by atoms with van der Waals surface area (Å²) in [5.41, 5.74) is 2.13. The Morgan fingerprint density at radius 2 is 2.38 bits per heavy atom. The largest absolute Gasteiger partial charge is 0.392 e.